The first-order valence-electron chi connectivity index (χ1n) is 6.06. The molecule has 0 atom stereocenters. The molecule has 19 heavy (non-hydrogen) atoms. The highest BCUT2D eigenvalue weighted by atomic mass is 16.4. The largest absolute Gasteiger partial charge is 0.505 e. The van der Waals surface area contributed by atoms with E-state index in [2.05, 4.69) is 5.32 Å². The molecule has 1 rings (SSSR count). The Labute approximate surface area is 112 Å². The highest BCUT2D eigenvalue weighted by Crippen LogP contribution is 2.28. The fourth-order valence-corrected chi connectivity index (χ4v) is 1.52. The molecular weight excluding hydrogens is 246 g/mol. The highest BCUT2D eigenvalue weighted by molar-refractivity contribution is 5.97. The lowest BCUT2D eigenvalue weighted by Crippen LogP contribution is -2.16. The lowest BCUT2D eigenvalue weighted by molar-refractivity contribution is -0.116. The van der Waals surface area contributed by atoms with Crippen molar-refractivity contribution in [2.75, 3.05) is 5.32 Å². The summed E-state index contributed by atoms with van der Waals surface area (Å²) >= 11 is 0. The number of para-hydroxylation sites is 1. The summed E-state index contributed by atoms with van der Waals surface area (Å²) in [4.78, 5) is 22.6. The molecule has 5 nitrogen and oxygen atoms in total. The minimum atomic E-state index is -1.23. The zero-order valence-electron chi connectivity index (χ0n) is 11.4. The van der Waals surface area contributed by atoms with E-state index in [1.165, 1.54) is 18.2 Å². The summed E-state index contributed by atoms with van der Waals surface area (Å²) in [5.74, 6) is -1.89. The van der Waals surface area contributed by atoms with Crippen molar-refractivity contribution in [2.24, 2.45) is 5.41 Å². The molecule has 0 bridgehead atoms. The summed E-state index contributed by atoms with van der Waals surface area (Å²) in [6.45, 7) is 6.09. The maximum absolute atomic E-state index is 11.7. The smallest absolute Gasteiger partial charge is 0.339 e. The van der Waals surface area contributed by atoms with Crippen LogP contribution >= 0.6 is 0 Å². The number of amides is 1. The molecule has 0 aliphatic rings. The predicted octanol–water partition coefficient (Wildman–Crippen LogP) is 2.86. The Hall–Kier alpha value is -2.04. The second-order valence-electron chi connectivity index (χ2n) is 5.62. The molecule has 0 aliphatic heterocycles. The molecule has 104 valence electrons. The second-order valence-corrected chi connectivity index (χ2v) is 5.62. The Morgan fingerprint density at radius 3 is 2.42 bits per heavy atom. The number of rotatable bonds is 4. The SMILES string of the molecule is CC(C)(C)CCC(=O)Nc1cccc(C(=O)O)c1O. The lowest BCUT2D eigenvalue weighted by Gasteiger charge is -2.17. The third-order valence-electron chi connectivity index (χ3n) is 2.64. The van der Waals surface area contributed by atoms with Gasteiger partial charge in [-0.2, -0.15) is 0 Å². The lowest BCUT2D eigenvalue weighted by atomic mass is 9.90. The molecule has 0 heterocycles. The van der Waals surface area contributed by atoms with Crippen LogP contribution in [0.15, 0.2) is 18.2 Å². The van der Waals surface area contributed by atoms with Crippen LogP contribution in [0, 0.1) is 5.41 Å². The molecule has 1 aromatic carbocycles. The molecule has 0 radical (unpaired) electrons. The zero-order chi connectivity index (χ0) is 14.6. The van der Waals surface area contributed by atoms with Gasteiger partial charge < -0.3 is 15.5 Å². The fourth-order valence-electron chi connectivity index (χ4n) is 1.52. The summed E-state index contributed by atoms with van der Waals surface area (Å²) in [7, 11) is 0. The third kappa shape index (κ3) is 4.62. The number of aromatic hydroxyl groups is 1. The molecule has 0 saturated heterocycles. The topological polar surface area (TPSA) is 86.6 Å². The van der Waals surface area contributed by atoms with E-state index in [1.54, 1.807) is 0 Å². The number of carbonyl (C=O) groups excluding carboxylic acids is 1. The predicted molar refractivity (Wildman–Crippen MR) is 72.4 cm³/mol. The number of carboxylic acid groups (broad SMARTS) is 1. The van der Waals surface area contributed by atoms with Crippen molar-refractivity contribution in [3.05, 3.63) is 23.8 Å². The number of hydrogen-bond donors (Lipinski definition) is 3. The van der Waals surface area contributed by atoms with E-state index in [-0.39, 0.29) is 22.6 Å². The van der Waals surface area contributed by atoms with Crippen LogP contribution in [0.5, 0.6) is 5.75 Å². The van der Waals surface area contributed by atoms with Crippen LogP contribution in [0.4, 0.5) is 5.69 Å². The van der Waals surface area contributed by atoms with Gasteiger partial charge in [0, 0.05) is 6.42 Å². The van der Waals surface area contributed by atoms with Crippen LogP contribution in [-0.2, 0) is 4.79 Å². The number of aromatic carboxylic acids is 1. The maximum Gasteiger partial charge on any atom is 0.339 e. The van der Waals surface area contributed by atoms with Crippen molar-refractivity contribution in [3.8, 4) is 5.75 Å². The number of anilines is 1. The van der Waals surface area contributed by atoms with Crippen molar-refractivity contribution < 1.29 is 19.8 Å². The van der Waals surface area contributed by atoms with E-state index in [9.17, 15) is 14.7 Å². The van der Waals surface area contributed by atoms with Crippen molar-refractivity contribution >= 4 is 17.6 Å². The van der Waals surface area contributed by atoms with Gasteiger partial charge in [-0.25, -0.2) is 4.79 Å². The van der Waals surface area contributed by atoms with Crippen LogP contribution in [0.3, 0.4) is 0 Å². The summed E-state index contributed by atoms with van der Waals surface area (Å²) in [5, 5.41) is 21.1. The monoisotopic (exact) mass is 265 g/mol. The number of benzene rings is 1. The van der Waals surface area contributed by atoms with E-state index < -0.39 is 11.7 Å². The fraction of sp³-hybridized carbons (Fsp3) is 0.429. The van der Waals surface area contributed by atoms with Crippen LogP contribution in [-0.4, -0.2) is 22.1 Å². The molecule has 1 amide bonds. The van der Waals surface area contributed by atoms with Crippen molar-refractivity contribution in [2.45, 2.75) is 33.6 Å². The van der Waals surface area contributed by atoms with E-state index in [0.29, 0.717) is 12.8 Å². The summed E-state index contributed by atoms with van der Waals surface area (Å²) in [5.41, 5.74) is -0.0603. The zero-order valence-corrected chi connectivity index (χ0v) is 11.4. The summed E-state index contributed by atoms with van der Waals surface area (Å²) in [6, 6.07) is 4.22. The van der Waals surface area contributed by atoms with E-state index in [1.807, 2.05) is 20.8 Å². The van der Waals surface area contributed by atoms with Crippen molar-refractivity contribution in [1.82, 2.24) is 0 Å². The Morgan fingerprint density at radius 2 is 1.89 bits per heavy atom. The summed E-state index contributed by atoms with van der Waals surface area (Å²) < 4.78 is 0. The average molecular weight is 265 g/mol. The number of carboxylic acids is 1. The van der Waals surface area contributed by atoms with E-state index in [4.69, 9.17) is 5.11 Å². The van der Waals surface area contributed by atoms with Gasteiger partial charge in [0.2, 0.25) is 5.91 Å². The van der Waals surface area contributed by atoms with Gasteiger partial charge in [0.25, 0.3) is 0 Å². The highest BCUT2D eigenvalue weighted by Gasteiger charge is 2.16. The Morgan fingerprint density at radius 1 is 1.26 bits per heavy atom. The van der Waals surface area contributed by atoms with Crippen LogP contribution in [0.2, 0.25) is 0 Å². The molecular formula is C14H19NO4. The van der Waals surface area contributed by atoms with Crippen LogP contribution < -0.4 is 5.32 Å². The van der Waals surface area contributed by atoms with Gasteiger partial charge in [-0.3, -0.25) is 4.79 Å². The first-order chi connectivity index (χ1) is 8.70. The minimum absolute atomic E-state index is 0.0439. The quantitative estimate of drug-likeness (QED) is 0.730. The first-order valence-corrected chi connectivity index (χ1v) is 6.06. The Kier molecular flexibility index (Phi) is 4.53. The standard InChI is InChI=1S/C14H19NO4/c1-14(2,3)8-7-11(16)15-10-6-4-5-9(12(10)17)13(18)19/h4-6,17H,7-8H2,1-3H3,(H,15,16)(H,18,19). The number of phenols is 1. The Bertz CT molecular complexity index is 489. The molecule has 0 unspecified atom stereocenters. The van der Waals surface area contributed by atoms with Gasteiger partial charge in [0.15, 0.2) is 5.75 Å². The molecule has 0 spiro atoms. The average Bonchev–Trinajstić information content (AvgIpc) is 2.28. The second kappa shape index (κ2) is 5.73. The van der Waals surface area contributed by atoms with E-state index >= 15 is 0 Å². The molecule has 1 aromatic rings. The number of nitrogens with one attached hydrogen (secondary N) is 1. The van der Waals surface area contributed by atoms with Gasteiger partial charge in [0.1, 0.15) is 5.56 Å². The minimum Gasteiger partial charge on any atom is -0.505 e. The molecule has 5 heteroatoms. The molecule has 3 N–H and O–H groups in total. The maximum atomic E-state index is 11.7. The van der Waals surface area contributed by atoms with Gasteiger partial charge in [-0.15, -0.1) is 0 Å². The first kappa shape index (κ1) is 15.0. The normalized spacial score (nSPS) is 11.1. The third-order valence-corrected chi connectivity index (χ3v) is 2.64. The van der Waals surface area contributed by atoms with Gasteiger partial charge in [-0.05, 0) is 24.0 Å². The van der Waals surface area contributed by atoms with Gasteiger partial charge in [-0.1, -0.05) is 26.8 Å². The van der Waals surface area contributed by atoms with Crippen molar-refractivity contribution in [1.29, 1.82) is 0 Å². The molecule has 0 saturated carbocycles. The van der Waals surface area contributed by atoms with E-state index in [0.717, 1.165) is 0 Å². The molecule has 0 aromatic heterocycles. The number of carbonyl (C=O) groups is 2. The van der Waals surface area contributed by atoms with Crippen molar-refractivity contribution in [3.63, 3.8) is 0 Å². The Balaban J connectivity index is 2.75. The molecule has 0 aliphatic carbocycles. The van der Waals surface area contributed by atoms with Crippen LogP contribution in [0.25, 0.3) is 0 Å². The molecule has 0 fully saturated rings. The number of hydrogen-bond acceptors (Lipinski definition) is 3. The van der Waals surface area contributed by atoms with Crippen LogP contribution in [0.1, 0.15) is 44.0 Å². The van der Waals surface area contributed by atoms with Gasteiger partial charge >= 0.3 is 5.97 Å². The summed E-state index contributed by atoms with van der Waals surface area (Å²) in [6.07, 6.45) is 1.03. The van der Waals surface area contributed by atoms with Gasteiger partial charge in [0.05, 0.1) is 5.69 Å².